The number of anilines is 1. The Bertz CT molecular complexity index is 3860. The Hall–Kier alpha value is -8.50. The number of H-pyrrole nitrogens is 1. The maximum absolute atomic E-state index is 15.3. The quantitative estimate of drug-likeness (QED) is 0.0145. The molecule has 4 aromatic heterocycles. The van der Waals surface area contributed by atoms with E-state index in [9.17, 15) is 89.7 Å². The van der Waals surface area contributed by atoms with Crippen LogP contribution in [0.4, 0.5) is 10.6 Å². The molecule has 3 saturated heterocycles. The number of aromatic amines is 1. The number of carbonyl (C=O) groups is 9. The predicted molar refractivity (Wildman–Crippen MR) is 390 cm³/mol. The second-order valence-corrected chi connectivity index (χ2v) is 28.9. The monoisotopic (exact) mass is 1660 g/mol. The third-order valence-corrected chi connectivity index (χ3v) is 20.1. The lowest BCUT2D eigenvalue weighted by Crippen LogP contribution is -2.65. The summed E-state index contributed by atoms with van der Waals surface area (Å²) in [5, 5.41) is 143. The second kappa shape index (κ2) is 42.9. The molecular weight excluding hydrogens is 1560 g/mol. The Balaban J connectivity index is 1.14. The Morgan fingerprint density at radius 3 is 2.02 bits per heavy atom. The molecule has 0 radical (unpaired) electrons. The summed E-state index contributed by atoms with van der Waals surface area (Å²) in [6, 6.07) is -10.2. The summed E-state index contributed by atoms with van der Waals surface area (Å²) in [5.41, 5.74) is 44.9. The highest BCUT2D eigenvalue weighted by Crippen LogP contribution is 2.36. The molecule has 3 aliphatic rings. The topological polar surface area (TPSA) is 813 Å². The smallest absolute Gasteiger partial charge is 0.404 e. The van der Waals surface area contributed by atoms with Crippen LogP contribution in [0.15, 0.2) is 23.3 Å². The number of amides is 9. The molecule has 50 heteroatoms. The highest BCUT2D eigenvalue weighted by atomic mass is 32.1. The molecule has 35 N–H and O–H groups in total. The number of nitrogens with one attached hydrogen (secondary N) is 8. The van der Waals surface area contributed by atoms with Crippen molar-refractivity contribution in [2.24, 2.45) is 40.1 Å². The molecule has 26 atom stereocenters. The fourth-order valence-electron chi connectivity index (χ4n) is 11.7. The second-order valence-electron chi connectivity index (χ2n) is 27.1. The molecule has 0 aliphatic carbocycles. The fourth-order valence-corrected chi connectivity index (χ4v) is 13.4. The molecule has 636 valence electrons. The maximum Gasteiger partial charge on any atom is 0.404 e. The van der Waals surface area contributed by atoms with Gasteiger partial charge in [0.1, 0.15) is 112 Å². The van der Waals surface area contributed by atoms with Crippen molar-refractivity contribution in [3.63, 3.8) is 0 Å². The number of nitrogen functional groups attached to an aromatic ring is 1. The molecule has 0 spiro atoms. The first-order valence-electron chi connectivity index (χ1n) is 35.7. The van der Waals surface area contributed by atoms with Crippen molar-refractivity contribution in [1.82, 2.24) is 67.1 Å². The van der Waals surface area contributed by atoms with E-state index in [1.54, 1.807) is 0 Å². The van der Waals surface area contributed by atoms with Crippen molar-refractivity contribution in [3.05, 3.63) is 56.8 Å². The lowest BCUT2D eigenvalue weighted by atomic mass is 9.97. The highest BCUT2D eigenvalue weighted by Gasteiger charge is 2.54. The molecule has 7 rings (SSSR count). The Kier molecular flexibility index (Phi) is 34.9. The Morgan fingerprint density at radius 2 is 1.38 bits per heavy atom. The van der Waals surface area contributed by atoms with Gasteiger partial charge in [-0.1, -0.05) is 0 Å². The number of ether oxygens (including phenoxy) is 7. The van der Waals surface area contributed by atoms with Crippen LogP contribution in [0, 0.1) is 6.92 Å². The minimum absolute atomic E-state index is 0.00593. The SMILES string of the molecule is Cc1c(N)nc([C@H](CC(N)=O)NC[C@H](N)C(N)=O)nc1C(=O)N[C@H](C(=O)N[C@H](C)[C@@H](O)CC(=O)N[C@H](C(=O)NC(O[C@@H]1O[C@@H](C)[C@@H](N)[C@@H](O)[C@H]1O)C(O)c1nc(-c2nc(C(=O)NCCCC(N)CC(=O)NCCCN)cs2)cs1)[C@@H](C)O)[C@@H](O[C@@H]1O[C@@H](CO)[C@@H](O)[C@H](O)[C@@H]1O[C@H]1O[C@H](CO)[C@@H](O)[C@H](OC(N)=O)[C@@H]1O)c1cnc[nH]1. The number of nitrogens with zero attached hydrogens (tertiary/aromatic N) is 5. The molecule has 114 heavy (non-hydrogen) atoms. The third kappa shape index (κ3) is 24.8. The van der Waals surface area contributed by atoms with Crippen LogP contribution in [0.1, 0.15) is 121 Å². The molecule has 0 aromatic carbocycles. The van der Waals surface area contributed by atoms with Gasteiger partial charge in [-0.05, 0) is 53.5 Å². The van der Waals surface area contributed by atoms with Crippen LogP contribution in [-0.2, 0) is 61.9 Å². The van der Waals surface area contributed by atoms with E-state index in [0.29, 0.717) is 32.4 Å². The van der Waals surface area contributed by atoms with E-state index in [1.807, 2.05) is 0 Å². The minimum Gasteiger partial charge on any atom is -0.441 e. The van der Waals surface area contributed by atoms with Crippen LogP contribution in [0.25, 0.3) is 10.7 Å². The van der Waals surface area contributed by atoms with Crippen LogP contribution in [-0.4, -0.2) is 320 Å². The fraction of sp³-hybridized carbons (Fsp3) is 0.656. The van der Waals surface area contributed by atoms with E-state index < -0.39 is 256 Å². The van der Waals surface area contributed by atoms with Gasteiger partial charge in [-0.3, -0.25) is 38.4 Å². The lowest BCUT2D eigenvalue weighted by molar-refractivity contribution is -0.372. The number of primary amides is 3. The normalized spacial score (nSPS) is 26.6. The van der Waals surface area contributed by atoms with Gasteiger partial charge in [0.2, 0.25) is 35.4 Å². The number of hydrogen-bond donors (Lipinski definition) is 27. The number of aliphatic hydroxyl groups excluding tert-OH is 11. The number of imidazole rings is 1. The Labute approximate surface area is 656 Å². The van der Waals surface area contributed by atoms with Crippen LogP contribution in [0.5, 0.6) is 0 Å². The first-order valence-corrected chi connectivity index (χ1v) is 37.4. The molecule has 7 heterocycles. The zero-order valence-corrected chi connectivity index (χ0v) is 63.6. The summed E-state index contributed by atoms with van der Waals surface area (Å²) in [4.78, 5) is 144. The molecule has 4 aromatic rings. The zero-order valence-electron chi connectivity index (χ0n) is 61.9. The van der Waals surface area contributed by atoms with E-state index >= 15 is 9.59 Å². The molecular formula is C64H101N21O27S2. The van der Waals surface area contributed by atoms with Gasteiger partial charge in [0, 0.05) is 54.8 Å². The number of hydrogen-bond acceptors (Lipinski definition) is 40. The van der Waals surface area contributed by atoms with Gasteiger partial charge in [-0.25, -0.2) is 29.7 Å². The van der Waals surface area contributed by atoms with Crippen molar-refractivity contribution >= 4 is 81.8 Å². The summed E-state index contributed by atoms with van der Waals surface area (Å²) >= 11 is 1.83. The summed E-state index contributed by atoms with van der Waals surface area (Å²) in [6.07, 6.45) is -36.5. The van der Waals surface area contributed by atoms with Crippen molar-refractivity contribution < 1.29 is 132 Å². The Morgan fingerprint density at radius 1 is 0.702 bits per heavy atom. The first-order chi connectivity index (χ1) is 53.9. The van der Waals surface area contributed by atoms with Gasteiger partial charge >= 0.3 is 6.09 Å². The van der Waals surface area contributed by atoms with E-state index in [-0.39, 0.29) is 51.5 Å². The van der Waals surface area contributed by atoms with Crippen LogP contribution in [0.2, 0.25) is 0 Å². The number of aromatic nitrogens is 6. The van der Waals surface area contributed by atoms with E-state index in [4.69, 9.17) is 79.0 Å². The van der Waals surface area contributed by atoms with E-state index in [0.717, 1.165) is 49.0 Å². The third-order valence-electron chi connectivity index (χ3n) is 18.4. The number of nitrogens with two attached hydrogens (primary N) is 8. The standard InChI is InChI=1S/C64H101N21O27S2/c1-21-38(82-53(84-51(21)70)27(12-34(68)90)76-14-26(67)52(71)100)55(102)83-40(48(28-15-73-20-77-28)109-63-50(44(96)41(93)32(16-86)108-63)110-62-46(98)49(111-64(72)105)42(94)33(17-87)107-62)57(104)78-22(2)31(89)13-36(92)81-39(23(3)88)56(103)85-58(112-61-45(97)43(95)37(69)24(4)106-61)47(99)60-80-30(19-114-60)59-79-29(18-113-59)54(101)75-9-5-7-25(66)11-35(91)74-10-6-8-65/h15,18-20,22-27,31-33,37,39-50,58,61-63,76,86-89,93-99H,5-14,16-17,65-67,69H2,1-4H3,(H2,68,90)(H2,71,100)(H2,72,105)(H,73,77)(H,74,91)(H,75,101)(H,78,104)(H,81,92)(H,83,102)(H,85,103)(H2,70,82,84)/t22-,23-,24+,25?,26+,27+,31+,32+,33-,37-,39+,40+,41-,42-,43-,44+,45-,46+,47?,48+,49+,50+,58?,61+,62-,63+/m1/s1. The van der Waals surface area contributed by atoms with Gasteiger partial charge in [0.05, 0.1) is 80.3 Å². The number of aliphatic hydroxyl groups is 11. The van der Waals surface area contributed by atoms with Gasteiger partial charge in [-0.15, -0.1) is 22.7 Å². The average Bonchev–Trinajstić information content (AvgIpc) is 0.918. The van der Waals surface area contributed by atoms with Gasteiger partial charge in [-0.2, -0.15) is 0 Å². The van der Waals surface area contributed by atoms with Crippen molar-refractivity contribution in [1.29, 1.82) is 0 Å². The number of carbonyl (C=O) groups excluding carboxylic acids is 9. The number of rotatable bonds is 42. The maximum atomic E-state index is 15.3. The van der Waals surface area contributed by atoms with Crippen LogP contribution < -0.4 is 83.1 Å². The van der Waals surface area contributed by atoms with Crippen molar-refractivity contribution in [3.8, 4) is 10.7 Å². The molecule has 9 amide bonds. The van der Waals surface area contributed by atoms with Crippen LogP contribution >= 0.6 is 22.7 Å². The van der Waals surface area contributed by atoms with E-state index in [2.05, 4.69) is 67.1 Å². The lowest BCUT2D eigenvalue weighted by Gasteiger charge is -2.47. The van der Waals surface area contributed by atoms with Crippen LogP contribution in [0.3, 0.4) is 0 Å². The summed E-state index contributed by atoms with van der Waals surface area (Å²) in [5.74, 6) is -8.68. The first kappa shape index (κ1) is 92.7. The predicted octanol–water partition coefficient (Wildman–Crippen LogP) is -11.6. The minimum atomic E-state index is -2.27. The van der Waals surface area contributed by atoms with Gasteiger partial charge in [0.15, 0.2) is 37.3 Å². The largest absolute Gasteiger partial charge is 0.441 e. The van der Waals surface area contributed by atoms with Crippen molar-refractivity contribution in [2.75, 3.05) is 45.1 Å². The molecule has 0 bridgehead atoms. The summed E-state index contributed by atoms with van der Waals surface area (Å²) < 4.78 is 40.4. The van der Waals surface area contributed by atoms with Gasteiger partial charge in [0.25, 0.3) is 11.8 Å². The number of thiazole rings is 2. The molecule has 3 aliphatic heterocycles. The van der Waals surface area contributed by atoms with E-state index in [1.165, 1.54) is 24.6 Å². The summed E-state index contributed by atoms with van der Waals surface area (Å²) in [7, 11) is 0. The molecule has 48 nitrogen and oxygen atoms in total. The average molecular weight is 1660 g/mol. The summed E-state index contributed by atoms with van der Waals surface area (Å²) in [6.45, 7) is 3.46. The van der Waals surface area contributed by atoms with Gasteiger partial charge < -0.3 is 177 Å². The highest BCUT2D eigenvalue weighted by molar-refractivity contribution is 7.14. The zero-order chi connectivity index (χ0) is 84.3. The molecule has 0 saturated carbocycles. The molecule has 3 fully saturated rings. The molecule has 3 unspecified atom stereocenters. The van der Waals surface area contributed by atoms with Crippen molar-refractivity contribution in [2.45, 2.75) is 225 Å².